The van der Waals surface area contributed by atoms with Crippen LogP contribution in [0.3, 0.4) is 0 Å². The van der Waals surface area contributed by atoms with E-state index in [9.17, 15) is 9.59 Å². The summed E-state index contributed by atoms with van der Waals surface area (Å²) < 4.78 is 13.7. The fraction of sp³-hybridized carbons (Fsp3) is 0.308. The number of pyridine rings is 1. The lowest BCUT2D eigenvalue weighted by Crippen LogP contribution is -2.36. The Morgan fingerprint density at radius 2 is 1.64 bits per heavy atom. The molecule has 0 saturated carbocycles. The second-order valence-corrected chi connectivity index (χ2v) is 9.33. The van der Waals surface area contributed by atoms with E-state index in [1.165, 1.54) is 17.4 Å². The Bertz CT molecular complexity index is 1430. The molecule has 1 aliphatic rings. The van der Waals surface area contributed by atoms with Gasteiger partial charge in [-0.15, -0.1) is 11.3 Å². The van der Waals surface area contributed by atoms with Gasteiger partial charge in [0, 0.05) is 35.1 Å². The summed E-state index contributed by atoms with van der Waals surface area (Å²) in [6.45, 7) is 3.52. The number of likely N-dealkylation sites (tertiary alicyclic amines) is 1. The molecule has 33 heavy (non-hydrogen) atoms. The van der Waals surface area contributed by atoms with Crippen LogP contribution >= 0.6 is 11.3 Å². The number of methoxy groups -OCH3 is 2. The van der Waals surface area contributed by atoms with Crippen molar-refractivity contribution in [3.8, 4) is 17.2 Å². The molecule has 0 spiro atoms. The molecular formula is C26H26N2O4S. The lowest BCUT2D eigenvalue weighted by Gasteiger charge is -2.27. The van der Waals surface area contributed by atoms with E-state index in [-0.39, 0.29) is 11.5 Å². The molecule has 2 aromatic carbocycles. The summed E-state index contributed by atoms with van der Waals surface area (Å²) in [5.41, 5.74) is 2.20. The Labute approximate surface area is 196 Å². The average molecular weight is 463 g/mol. The predicted molar refractivity (Wildman–Crippen MR) is 133 cm³/mol. The minimum atomic E-state index is -0.201. The Morgan fingerprint density at radius 3 is 2.33 bits per heavy atom. The van der Waals surface area contributed by atoms with Crippen molar-refractivity contribution in [1.29, 1.82) is 0 Å². The van der Waals surface area contributed by atoms with Crippen LogP contribution in [0.4, 0.5) is 0 Å². The van der Waals surface area contributed by atoms with Gasteiger partial charge in [-0.25, -0.2) is 0 Å². The molecule has 0 unspecified atom stereocenters. The number of hydrogen-bond acceptors (Lipinski definition) is 5. The van der Waals surface area contributed by atoms with Crippen molar-refractivity contribution in [3.05, 3.63) is 63.4 Å². The van der Waals surface area contributed by atoms with E-state index in [0.29, 0.717) is 27.8 Å². The SMILES string of the molecule is COc1cc2c(C(=O)N3CCCCC3)cn(-c3ccc4scc(C)c4c3)c(=O)c2cc1OC. The molecule has 1 amide bonds. The third-order valence-electron chi connectivity index (χ3n) is 6.42. The first-order valence-electron chi connectivity index (χ1n) is 11.1. The van der Waals surface area contributed by atoms with Crippen LogP contribution in [0.25, 0.3) is 26.5 Å². The molecule has 7 heteroatoms. The van der Waals surface area contributed by atoms with Crippen molar-refractivity contribution in [1.82, 2.24) is 9.47 Å². The number of rotatable bonds is 4. The molecule has 0 bridgehead atoms. The molecule has 6 nitrogen and oxygen atoms in total. The topological polar surface area (TPSA) is 60.8 Å². The van der Waals surface area contributed by atoms with Crippen molar-refractivity contribution in [2.45, 2.75) is 26.2 Å². The summed E-state index contributed by atoms with van der Waals surface area (Å²) in [6, 6.07) is 9.39. The summed E-state index contributed by atoms with van der Waals surface area (Å²) in [5.74, 6) is 0.888. The monoisotopic (exact) mass is 462 g/mol. The quantitative estimate of drug-likeness (QED) is 0.420. The van der Waals surface area contributed by atoms with E-state index in [1.807, 2.05) is 23.1 Å². The number of carbonyl (C=O) groups is 1. The molecule has 1 fully saturated rings. The number of hydrogen-bond donors (Lipinski definition) is 0. The highest BCUT2D eigenvalue weighted by Crippen LogP contribution is 2.34. The maximum Gasteiger partial charge on any atom is 0.263 e. The number of nitrogens with zero attached hydrogens (tertiary/aromatic N) is 2. The van der Waals surface area contributed by atoms with Crippen molar-refractivity contribution in [2.24, 2.45) is 0 Å². The van der Waals surface area contributed by atoms with Crippen LogP contribution < -0.4 is 15.0 Å². The van der Waals surface area contributed by atoms with Gasteiger partial charge in [-0.05, 0) is 72.8 Å². The zero-order valence-corrected chi connectivity index (χ0v) is 19.8. The number of ether oxygens (including phenoxy) is 2. The standard InChI is InChI=1S/C26H26N2O4S/c1-16-15-33-24-8-7-17(11-18(16)24)28-14-21(25(29)27-9-5-4-6-10-27)19-12-22(31-2)23(32-3)13-20(19)26(28)30/h7-8,11-15H,4-6,9-10H2,1-3H3. The van der Waals surface area contributed by atoms with E-state index < -0.39 is 0 Å². The van der Waals surface area contributed by atoms with Crippen LogP contribution in [0.5, 0.6) is 11.5 Å². The number of piperidine rings is 1. The molecule has 0 N–H and O–H groups in total. The summed E-state index contributed by atoms with van der Waals surface area (Å²) in [4.78, 5) is 29.2. The van der Waals surface area contributed by atoms with E-state index >= 15 is 0 Å². The molecule has 0 aliphatic carbocycles. The van der Waals surface area contributed by atoms with Gasteiger partial charge in [-0.3, -0.25) is 14.2 Å². The molecule has 0 atom stereocenters. The zero-order valence-electron chi connectivity index (χ0n) is 19.0. The number of fused-ring (bicyclic) bond motifs is 2. The molecule has 170 valence electrons. The van der Waals surface area contributed by atoms with Crippen LogP contribution in [0.1, 0.15) is 35.2 Å². The minimum absolute atomic E-state index is 0.0616. The number of amides is 1. The van der Waals surface area contributed by atoms with Gasteiger partial charge < -0.3 is 14.4 Å². The first-order chi connectivity index (χ1) is 16.0. The van der Waals surface area contributed by atoms with Gasteiger partial charge >= 0.3 is 0 Å². The Kier molecular flexibility index (Phi) is 5.58. The molecule has 3 heterocycles. The van der Waals surface area contributed by atoms with E-state index in [4.69, 9.17) is 9.47 Å². The summed E-state index contributed by atoms with van der Waals surface area (Å²) in [7, 11) is 3.09. The first kappa shape index (κ1) is 21.5. The van der Waals surface area contributed by atoms with Crippen molar-refractivity contribution in [2.75, 3.05) is 27.3 Å². The first-order valence-corrected chi connectivity index (χ1v) is 12.0. The lowest BCUT2D eigenvalue weighted by molar-refractivity contribution is 0.0725. The number of benzene rings is 2. The molecule has 1 aliphatic heterocycles. The van der Waals surface area contributed by atoms with Crippen LogP contribution in [0, 0.1) is 6.92 Å². The highest BCUT2D eigenvalue weighted by Gasteiger charge is 2.24. The summed E-state index contributed by atoms with van der Waals surface area (Å²) >= 11 is 1.68. The maximum atomic E-state index is 13.7. The second-order valence-electron chi connectivity index (χ2n) is 8.42. The van der Waals surface area contributed by atoms with Crippen molar-refractivity contribution >= 4 is 38.1 Å². The predicted octanol–water partition coefficient (Wildman–Crippen LogP) is 5.16. The van der Waals surface area contributed by atoms with E-state index in [0.717, 1.165) is 43.4 Å². The van der Waals surface area contributed by atoms with Crippen LogP contribution in [0.2, 0.25) is 0 Å². The molecule has 1 saturated heterocycles. The van der Waals surface area contributed by atoms with E-state index in [1.54, 1.807) is 41.3 Å². The van der Waals surface area contributed by atoms with Crippen LogP contribution in [-0.2, 0) is 0 Å². The largest absolute Gasteiger partial charge is 0.493 e. The highest BCUT2D eigenvalue weighted by atomic mass is 32.1. The number of aryl methyl sites for hydroxylation is 1. The van der Waals surface area contributed by atoms with Gasteiger partial charge in [0.1, 0.15) is 0 Å². The van der Waals surface area contributed by atoms with Crippen molar-refractivity contribution in [3.63, 3.8) is 0 Å². The van der Waals surface area contributed by atoms with Gasteiger partial charge in [0.05, 0.1) is 25.2 Å². The number of thiophene rings is 1. The van der Waals surface area contributed by atoms with Gasteiger partial charge in [0.15, 0.2) is 11.5 Å². The van der Waals surface area contributed by atoms with Crippen LogP contribution in [0.15, 0.2) is 46.7 Å². The number of aromatic nitrogens is 1. The average Bonchev–Trinajstić information content (AvgIpc) is 3.23. The molecular weight excluding hydrogens is 436 g/mol. The Morgan fingerprint density at radius 1 is 0.939 bits per heavy atom. The smallest absolute Gasteiger partial charge is 0.263 e. The molecule has 4 aromatic rings. The second kappa shape index (κ2) is 8.56. The van der Waals surface area contributed by atoms with Crippen molar-refractivity contribution < 1.29 is 14.3 Å². The Balaban J connectivity index is 1.78. The Hall–Kier alpha value is -3.32. The van der Waals surface area contributed by atoms with E-state index in [2.05, 4.69) is 12.3 Å². The zero-order chi connectivity index (χ0) is 23.1. The fourth-order valence-corrected chi connectivity index (χ4v) is 5.51. The lowest BCUT2D eigenvalue weighted by atomic mass is 10.0. The molecule has 5 rings (SSSR count). The number of carbonyl (C=O) groups excluding carboxylic acids is 1. The summed E-state index contributed by atoms with van der Waals surface area (Å²) in [6.07, 6.45) is 4.81. The summed E-state index contributed by atoms with van der Waals surface area (Å²) in [5, 5.41) is 4.23. The van der Waals surface area contributed by atoms with Gasteiger partial charge in [-0.1, -0.05) is 0 Å². The minimum Gasteiger partial charge on any atom is -0.493 e. The van der Waals surface area contributed by atoms with Gasteiger partial charge in [-0.2, -0.15) is 0 Å². The molecule has 2 aromatic heterocycles. The fourth-order valence-electron chi connectivity index (χ4n) is 4.59. The third-order valence-corrected chi connectivity index (χ3v) is 7.51. The van der Waals surface area contributed by atoms with Gasteiger partial charge in [0.25, 0.3) is 11.5 Å². The highest BCUT2D eigenvalue weighted by molar-refractivity contribution is 7.17. The van der Waals surface area contributed by atoms with Gasteiger partial charge in [0.2, 0.25) is 0 Å². The van der Waals surface area contributed by atoms with Crippen LogP contribution in [-0.4, -0.2) is 42.7 Å². The normalized spacial score (nSPS) is 14.1. The maximum absolute atomic E-state index is 13.7. The molecule has 0 radical (unpaired) electrons. The third kappa shape index (κ3) is 3.66.